The number of anilines is 1. The number of amides is 1. The normalized spacial score (nSPS) is 11.5. The van der Waals surface area contributed by atoms with Crippen LogP contribution in [0.3, 0.4) is 0 Å². The molecule has 7 heteroatoms. The summed E-state index contributed by atoms with van der Waals surface area (Å²) in [6, 6.07) is 19.2. The minimum absolute atomic E-state index is 0.159. The molecule has 6 nitrogen and oxygen atoms in total. The maximum atomic E-state index is 12.7. The van der Waals surface area contributed by atoms with Crippen molar-refractivity contribution in [1.82, 2.24) is 4.31 Å². The molecule has 0 spiro atoms. The molecule has 3 aromatic rings. The molecule has 0 aliphatic rings. The van der Waals surface area contributed by atoms with Gasteiger partial charge in [-0.2, -0.15) is 4.31 Å². The molecular formula is C21H22N2O4S. The van der Waals surface area contributed by atoms with Gasteiger partial charge in [-0.25, -0.2) is 8.42 Å². The van der Waals surface area contributed by atoms with Crippen molar-refractivity contribution in [3.63, 3.8) is 0 Å². The van der Waals surface area contributed by atoms with Crippen molar-refractivity contribution in [1.29, 1.82) is 0 Å². The van der Waals surface area contributed by atoms with Gasteiger partial charge in [-0.15, -0.1) is 0 Å². The quantitative estimate of drug-likeness (QED) is 0.628. The highest BCUT2D eigenvalue weighted by atomic mass is 32.2. The van der Waals surface area contributed by atoms with E-state index in [1.54, 1.807) is 31.5 Å². The zero-order valence-electron chi connectivity index (χ0n) is 15.5. The molecule has 1 aromatic heterocycles. The SMILES string of the molecule is CN(Cc1ccccc1)S(=O)(=O)c1ccc(NC(=O)CCc2ccco2)cc1. The summed E-state index contributed by atoms with van der Waals surface area (Å²) in [6.45, 7) is 0.286. The Bertz CT molecular complexity index is 998. The molecule has 0 aliphatic carbocycles. The topological polar surface area (TPSA) is 79.6 Å². The summed E-state index contributed by atoms with van der Waals surface area (Å²) in [4.78, 5) is 12.2. The highest BCUT2D eigenvalue weighted by Crippen LogP contribution is 2.19. The summed E-state index contributed by atoms with van der Waals surface area (Å²) >= 11 is 0. The number of carbonyl (C=O) groups excluding carboxylic acids is 1. The molecule has 0 saturated carbocycles. The molecule has 1 N–H and O–H groups in total. The molecule has 0 saturated heterocycles. The highest BCUT2D eigenvalue weighted by Gasteiger charge is 2.20. The summed E-state index contributed by atoms with van der Waals surface area (Å²) in [6.07, 6.45) is 2.37. The van der Waals surface area contributed by atoms with E-state index in [-0.39, 0.29) is 23.8 Å². The zero-order valence-corrected chi connectivity index (χ0v) is 16.4. The number of hydrogen-bond acceptors (Lipinski definition) is 4. The van der Waals surface area contributed by atoms with Crippen LogP contribution in [0, 0.1) is 0 Å². The van der Waals surface area contributed by atoms with Crippen LogP contribution in [0.25, 0.3) is 0 Å². The molecule has 146 valence electrons. The van der Waals surface area contributed by atoms with Crippen molar-refractivity contribution in [2.45, 2.75) is 24.3 Å². The number of rotatable bonds is 8. The van der Waals surface area contributed by atoms with Crippen molar-refractivity contribution in [3.05, 3.63) is 84.3 Å². The molecule has 1 heterocycles. The molecule has 0 aliphatic heterocycles. The Balaban J connectivity index is 1.60. The van der Waals surface area contributed by atoms with E-state index >= 15 is 0 Å². The number of nitrogens with zero attached hydrogens (tertiary/aromatic N) is 1. The summed E-state index contributed by atoms with van der Waals surface area (Å²) in [5.74, 6) is 0.589. The van der Waals surface area contributed by atoms with Crippen molar-refractivity contribution in [2.24, 2.45) is 0 Å². The highest BCUT2D eigenvalue weighted by molar-refractivity contribution is 7.89. The van der Waals surface area contributed by atoms with E-state index in [4.69, 9.17) is 4.42 Å². The third-order valence-electron chi connectivity index (χ3n) is 4.27. The lowest BCUT2D eigenvalue weighted by Crippen LogP contribution is -2.26. The first-order valence-electron chi connectivity index (χ1n) is 8.88. The van der Waals surface area contributed by atoms with Gasteiger partial charge in [-0.1, -0.05) is 30.3 Å². The van der Waals surface area contributed by atoms with Crippen LogP contribution in [0.5, 0.6) is 0 Å². The van der Waals surface area contributed by atoms with Crippen molar-refractivity contribution in [3.8, 4) is 0 Å². The van der Waals surface area contributed by atoms with Crippen molar-refractivity contribution < 1.29 is 17.6 Å². The Labute approximate surface area is 164 Å². The standard InChI is InChI=1S/C21H22N2O4S/c1-23(16-17-6-3-2-4-7-17)28(25,26)20-12-9-18(10-13-20)22-21(24)14-11-19-8-5-15-27-19/h2-10,12-13,15H,11,14,16H2,1H3,(H,22,24). The van der Waals surface area contributed by atoms with Gasteiger partial charge < -0.3 is 9.73 Å². The van der Waals surface area contributed by atoms with Crippen LogP contribution >= 0.6 is 0 Å². The minimum atomic E-state index is -3.61. The predicted molar refractivity (Wildman–Crippen MR) is 107 cm³/mol. The van der Waals surface area contributed by atoms with Crippen molar-refractivity contribution >= 4 is 21.6 Å². The summed E-state index contributed by atoms with van der Waals surface area (Å²) in [7, 11) is -2.07. The summed E-state index contributed by atoms with van der Waals surface area (Å²) in [5, 5.41) is 2.76. The first-order chi connectivity index (χ1) is 13.4. The van der Waals surface area contributed by atoms with Gasteiger partial charge in [0.1, 0.15) is 5.76 Å². The van der Waals surface area contributed by atoms with Gasteiger partial charge in [0, 0.05) is 32.1 Å². The molecule has 0 atom stereocenters. The molecule has 0 fully saturated rings. The van der Waals surface area contributed by atoms with E-state index in [0.29, 0.717) is 12.1 Å². The lowest BCUT2D eigenvalue weighted by atomic mass is 10.2. The average Bonchev–Trinajstić information content (AvgIpc) is 3.21. The molecule has 0 radical (unpaired) electrons. The third-order valence-corrected chi connectivity index (χ3v) is 6.09. The number of aryl methyl sites for hydroxylation is 1. The third kappa shape index (κ3) is 5.09. The van der Waals surface area contributed by atoms with E-state index < -0.39 is 10.0 Å². The van der Waals surface area contributed by atoms with E-state index in [1.807, 2.05) is 36.4 Å². The number of benzene rings is 2. The maximum Gasteiger partial charge on any atom is 0.243 e. The predicted octanol–water partition coefficient (Wildman–Crippen LogP) is 3.67. The smallest absolute Gasteiger partial charge is 0.243 e. The second-order valence-corrected chi connectivity index (χ2v) is 8.44. The van der Waals surface area contributed by atoms with E-state index in [1.165, 1.54) is 16.4 Å². The van der Waals surface area contributed by atoms with Crippen LogP contribution < -0.4 is 5.32 Å². The first kappa shape index (κ1) is 19.9. The van der Waals surface area contributed by atoms with Crippen LogP contribution in [0.15, 0.2) is 82.3 Å². The second kappa shape index (κ2) is 8.86. The Morgan fingerprint density at radius 3 is 2.36 bits per heavy atom. The zero-order chi connectivity index (χ0) is 20.0. The van der Waals surface area contributed by atoms with Crippen LogP contribution in [-0.4, -0.2) is 25.7 Å². The van der Waals surface area contributed by atoms with Gasteiger partial charge in [0.2, 0.25) is 15.9 Å². The number of sulfonamides is 1. The van der Waals surface area contributed by atoms with Gasteiger partial charge in [0.05, 0.1) is 11.2 Å². The molecule has 0 bridgehead atoms. The second-order valence-electron chi connectivity index (χ2n) is 6.40. The van der Waals surface area contributed by atoms with E-state index in [0.717, 1.165) is 11.3 Å². The Kier molecular flexibility index (Phi) is 6.28. The number of carbonyl (C=O) groups is 1. The van der Waals surface area contributed by atoms with Crippen LogP contribution in [-0.2, 0) is 27.8 Å². The summed E-state index contributed by atoms with van der Waals surface area (Å²) < 4.78 is 32.0. The Morgan fingerprint density at radius 2 is 1.71 bits per heavy atom. The van der Waals surface area contributed by atoms with Gasteiger partial charge in [0.15, 0.2) is 0 Å². The summed E-state index contributed by atoms with van der Waals surface area (Å²) in [5.41, 5.74) is 1.46. The molecule has 1 amide bonds. The number of furan rings is 1. The fourth-order valence-electron chi connectivity index (χ4n) is 2.73. The molecule has 28 heavy (non-hydrogen) atoms. The fraction of sp³-hybridized carbons (Fsp3) is 0.190. The Hall–Kier alpha value is -2.90. The van der Waals surface area contributed by atoms with E-state index in [2.05, 4.69) is 5.32 Å². The number of hydrogen-bond donors (Lipinski definition) is 1. The largest absolute Gasteiger partial charge is 0.469 e. The lowest BCUT2D eigenvalue weighted by Gasteiger charge is -2.17. The van der Waals surface area contributed by atoms with Gasteiger partial charge in [-0.05, 0) is 42.0 Å². The lowest BCUT2D eigenvalue weighted by molar-refractivity contribution is -0.116. The van der Waals surface area contributed by atoms with Gasteiger partial charge >= 0.3 is 0 Å². The number of nitrogens with one attached hydrogen (secondary N) is 1. The van der Waals surface area contributed by atoms with Crippen LogP contribution in [0.1, 0.15) is 17.7 Å². The molecule has 0 unspecified atom stereocenters. The van der Waals surface area contributed by atoms with E-state index in [9.17, 15) is 13.2 Å². The van der Waals surface area contributed by atoms with Crippen LogP contribution in [0.4, 0.5) is 5.69 Å². The van der Waals surface area contributed by atoms with Gasteiger partial charge in [0.25, 0.3) is 0 Å². The van der Waals surface area contributed by atoms with Crippen molar-refractivity contribution in [2.75, 3.05) is 12.4 Å². The molecule has 3 rings (SSSR count). The minimum Gasteiger partial charge on any atom is -0.469 e. The van der Waals surface area contributed by atoms with Crippen LogP contribution in [0.2, 0.25) is 0 Å². The molecule has 2 aromatic carbocycles. The van der Waals surface area contributed by atoms with Gasteiger partial charge in [-0.3, -0.25) is 4.79 Å². The molecular weight excluding hydrogens is 376 g/mol. The Morgan fingerprint density at radius 1 is 1.00 bits per heavy atom. The maximum absolute atomic E-state index is 12.7. The first-order valence-corrected chi connectivity index (χ1v) is 10.3. The fourth-order valence-corrected chi connectivity index (χ4v) is 3.89. The monoisotopic (exact) mass is 398 g/mol. The average molecular weight is 398 g/mol.